The van der Waals surface area contributed by atoms with Gasteiger partial charge in [0.15, 0.2) is 6.61 Å². The number of ether oxygens (including phenoxy) is 1. The standard InChI is InChI=1S/C21H24N2O4/c1-4-16-8-10-17(11-9-16)13-23(3)20(25)14-27-21(26)18-6-5-7-19(12-18)22-15(2)24/h5-12H,4,13-14H2,1-3H3,(H,22,24). The number of esters is 1. The van der Waals surface area contributed by atoms with Gasteiger partial charge < -0.3 is 15.0 Å². The third kappa shape index (κ3) is 6.26. The Bertz CT molecular complexity index is 815. The maximum Gasteiger partial charge on any atom is 0.338 e. The van der Waals surface area contributed by atoms with Crippen molar-refractivity contribution >= 4 is 23.5 Å². The zero-order valence-corrected chi connectivity index (χ0v) is 15.8. The number of nitrogens with one attached hydrogen (secondary N) is 1. The summed E-state index contributed by atoms with van der Waals surface area (Å²) in [6.45, 7) is 3.57. The average molecular weight is 368 g/mol. The van der Waals surface area contributed by atoms with E-state index in [9.17, 15) is 14.4 Å². The number of hydrogen-bond donors (Lipinski definition) is 1. The largest absolute Gasteiger partial charge is 0.452 e. The summed E-state index contributed by atoms with van der Waals surface area (Å²) in [5, 5.41) is 2.60. The molecule has 0 aromatic heterocycles. The Morgan fingerprint density at radius 3 is 2.33 bits per heavy atom. The second-order valence-corrected chi connectivity index (χ2v) is 6.26. The maximum absolute atomic E-state index is 12.2. The molecule has 0 fully saturated rings. The highest BCUT2D eigenvalue weighted by molar-refractivity contribution is 5.94. The summed E-state index contributed by atoms with van der Waals surface area (Å²) in [6.07, 6.45) is 0.966. The topological polar surface area (TPSA) is 75.7 Å². The first-order valence-corrected chi connectivity index (χ1v) is 8.75. The predicted octanol–water partition coefficient (Wildman–Crippen LogP) is 3.02. The minimum atomic E-state index is -0.615. The van der Waals surface area contributed by atoms with Crippen LogP contribution in [0.3, 0.4) is 0 Å². The van der Waals surface area contributed by atoms with Crippen molar-refractivity contribution < 1.29 is 19.1 Å². The van der Waals surface area contributed by atoms with Crippen LogP contribution in [0.15, 0.2) is 48.5 Å². The first kappa shape index (κ1) is 20.2. The fraction of sp³-hybridized carbons (Fsp3) is 0.286. The summed E-state index contributed by atoms with van der Waals surface area (Å²) in [5.74, 6) is -1.14. The molecule has 0 unspecified atom stereocenters. The molecule has 2 aromatic carbocycles. The second kappa shape index (κ2) is 9.52. The number of aryl methyl sites for hydroxylation is 1. The second-order valence-electron chi connectivity index (χ2n) is 6.26. The Morgan fingerprint density at radius 1 is 1.04 bits per heavy atom. The molecule has 27 heavy (non-hydrogen) atoms. The Hall–Kier alpha value is -3.15. The van der Waals surface area contributed by atoms with Crippen LogP contribution >= 0.6 is 0 Å². The number of hydrogen-bond acceptors (Lipinski definition) is 4. The Balaban J connectivity index is 1.88. The lowest BCUT2D eigenvalue weighted by Gasteiger charge is -2.17. The highest BCUT2D eigenvalue weighted by Gasteiger charge is 2.14. The normalized spacial score (nSPS) is 10.2. The molecule has 0 heterocycles. The van der Waals surface area contributed by atoms with Gasteiger partial charge in [0.2, 0.25) is 5.91 Å². The average Bonchev–Trinajstić information content (AvgIpc) is 2.66. The molecule has 0 saturated heterocycles. The third-order valence-electron chi connectivity index (χ3n) is 4.02. The highest BCUT2D eigenvalue weighted by Crippen LogP contribution is 2.12. The van der Waals surface area contributed by atoms with E-state index in [2.05, 4.69) is 12.2 Å². The van der Waals surface area contributed by atoms with Gasteiger partial charge in [-0.05, 0) is 35.7 Å². The summed E-state index contributed by atoms with van der Waals surface area (Å²) in [7, 11) is 1.67. The number of amides is 2. The molecule has 0 radical (unpaired) electrons. The van der Waals surface area contributed by atoms with Crippen LogP contribution in [0.4, 0.5) is 5.69 Å². The Kier molecular flexibility index (Phi) is 7.11. The van der Waals surface area contributed by atoms with Crippen molar-refractivity contribution in [3.63, 3.8) is 0 Å². The van der Waals surface area contributed by atoms with E-state index < -0.39 is 5.97 Å². The lowest BCUT2D eigenvalue weighted by molar-refractivity contribution is -0.133. The lowest BCUT2D eigenvalue weighted by Crippen LogP contribution is -2.30. The molecule has 2 aromatic rings. The summed E-state index contributed by atoms with van der Waals surface area (Å²) in [6, 6.07) is 14.4. The van der Waals surface area contributed by atoms with Gasteiger partial charge in [-0.15, -0.1) is 0 Å². The fourth-order valence-electron chi connectivity index (χ4n) is 2.49. The van der Waals surface area contributed by atoms with E-state index in [4.69, 9.17) is 4.74 Å². The van der Waals surface area contributed by atoms with E-state index in [-0.39, 0.29) is 24.0 Å². The van der Waals surface area contributed by atoms with Crippen molar-refractivity contribution in [2.75, 3.05) is 19.0 Å². The van der Waals surface area contributed by atoms with Crippen LogP contribution in [-0.2, 0) is 27.3 Å². The van der Waals surface area contributed by atoms with Crippen LogP contribution in [-0.4, -0.2) is 36.3 Å². The number of nitrogens with zero attached hydrogens (tertiary/aromatic N) is 1. The van der Waals surface area contributed by atoms with Crippen molar-refractivity contribution in [1.82, 2.24) is 4.90 Å². The molecular formula is C21H24N2O4. The highest BCUT2D eigenvalue weighted by atomic mass is 16.5. The van der Waals surface area contributed by atoms with Gasteiger partial charge in [-0.2, -0.15) is 0 Å². The van der Waals surface area contributed by atoms with Crippen molar-refractivity contribution in [3.05, 3.63) is 65.2 Å². The molecule has 0 bridgehead atoms. The zero-order valence-electron chi connectivity index (χ0n) is 15.8. The summed E-state index contributed by atoms with van der Waals surface area (Å²) >= 11 is 0. The number of rotatable bonds is 7. The van der Waals surface area contributed by atoms with Crippen LogP contribution in [0.2, 0.25) is 0 Å². The van der Waals surface area contributed by atoms with Crippen molar-refractivity contribution in [1.29, 1.82) is 0 Å². The zero-order chi connectivity index (χ0) is 19.8. The van der Waals surface area contributed by atoms with Gasteiger partial charge in [0, 0.05) is 26.2 Å². The van der Waals surface area contributed by atoms with E-state index >= 15 is 0 Å². The molecule has 6 heteroatoms. The van der Waals surface area contributed by atoms with Gasteiger partial charge in [-0.1, -0.05) is 37.3 Å². The van der Waals surface area contributed by atoms with Gasteiger partial charge >= 0.3 is 5.97 Å². The maximum atomic E-state index is 12.2. The third-order valence-corrected chi connectivity index (χ3v) is 4.02. The molecule has 6 nitrogen and oxygen atoms in total. The number of carbonyl (C=O) groups excluding carboxylic acids is 3. The van der Waals surface area contributed by atoms with E-state index in [1.54, 1.807) is 25.2 Å². The lowest BCUT2D eigenvalue weighted by atomic mass is 10.1. The molecule has 0 atom stereocenters. The van der Waals surface area contributed by atoms with Crippen molar-refractivity contribution in [3.8, 4) is 0 Å². The number of anilines is 1. The van der Waals surface area contributed by atoms with E-state index in [1.807, 2.05) is 24.3 Å². The van der Waals surface area contributed by atoms with Crippen LogP contribution in [0.1, 0.15) is 35.3 Å². The van der Waals surface area contributed by atoms with Gasteiger partial charge in [-0.3, -0.25) is 9.59 Å². The Labute approximate surface area is 159 Å². The number of likely N-dealkylation sites (N-methyl/N-ethyl adjacent to an activating group) is 1. The van der Waals surface area contributed by atoms with Gasteiger partial charge in [0.1, 0.15) is 0 Å². The molecule has 2 amide bonds. The fourth-order valence-corrected chi connectivity index (χ4v) is 2.49. The molecule has 2 rings (SSSR count). The first-order valence-electron chi connectivity index (χ1n) is 8.75. The van der Waals surface area contributed by atoms with Crippen molar-refractivity contribution in [2.45, 2.75) is 26.8 Å². The van der Waals surface area contributed by atoms with E-state index in [0.717, 1.165) is 12.0 Å². The predicted molar refractivity (Wildman–Crippen MR) is 103 cm³/mol. The molecular weight excluding hydrogens is 344 g/mol. The summed E-state index contributed by atoms with van der Waals surface area (Å²) in [5.41, 5.74) is 3.02. The number of benzene rings is 2. The molecule has 0 aliphatic carbocycles. The van der Waals surface area contributed by atoms with E-state index in [0.29, 0.717) is 12.2 Å². The number of carbonyl (C=O) groups is 3. The van der Waals surface area contributed by atoms with Gasteiger partial charge in [0.05, 0.1) is 5.56 Å². The smallest absolute Gasteiger partial charge is 0.338 e. The van der Waals surface area contributed by atoms with Crippen molar-refractivity contribution in [2.24, 2.45) is 0 Å². The Morgan fingerprint density at radius 2 is 1.70 bits per heavy atom. The molecule has 0 saturated carbocycles. The first-order chi connectivity index (χ1) is 12.9. The molecule has 142 valence electrons. The quantitative estimate of drug-likeness (QED) is 0.762. The molecule has 0 aliphatic rings. The van der Waals surface area contributed by atoms with Gasteiger partial charge in [0.25, 0.3) is 5.91 Å². The summed E-state index contributed by atoms with van der Waals surface area (Å²) in [4.78, 5) is 37.0. The summed E-state index contributed by atoms with van der Waals surface area (Å²) < 4.78 is 5.10. The minimum absolute atomic E-state index is 0.232. The molecule has 1 N–H and O–H groups in total. The monoisotopic (exact) mass is 368 g/mol. The van der Waals surface area contributed by atoms with Crippen LogP contribution in [0, 0.1) is 0 Å². The van der Waals surface area contributed by atoms with Gasteiger partial charge in [-0.25, -0.2) is 4.79 Å². The van der Waals surface area contributed by atoms with Crippen LogP contribution in [0.5, 0.6) is 0 Å². The molecule has 0 aliphatic heterocycles. The van der Waals surface area contributed by atoms with Crippen LogP contribution < -0.4 is 5.32 Å². The van der Waals surface area contributed by atoms with Crippen LogP contribution in [0.25, 0.3) is 0 Å². The SMILES string of the molecule is CCc1ccc(CN(C)C(=O)COC(=O)c2cccc(NC(C)=O)c2)cc1. The van der Waals surface area contributed by atoms with E-state index in [1.165, 1.54) is 23.5 Å². The molecule has 0 spiro atoms. The minimum Gasteiger partial charge on any atom is -0.452 e.